The van der Waals surface area contributed by atoms with Crippen LogP contribution in [0.3, 0.4) is 0 Å². The predicted octanol–water partition coefficient (Wildman–Crippen LogP) is 3.27. The summed E-state index contributed by atoms with van der Waals surface area (Å²) in [6.07, 6.45) is 1.01. The van der Waals surface area contributed by atoms with Gasteiger partial charge in [-0.15, -0.1) is 0 Å². The minimum absolute atomic E-state index is 0.728. The highest BCUT2D eigenvalue weighted by atomic mass is 35.5. The van der Waals surface area contributed by atoms with Crippen molar-refractivity contribution in [2.45, 2.75) is 33.7 Å². The number of aromatic nitrogens is 2. The molecular weight excluding hydrogens is 270 g/mol. The fourth-order valence-corrected chi connectivity index (χ4v) is 2.74. The molecule has 0 amide bonds. The van der Waals surface area contributed by atoms with Crippen LogP contribution in [-0.2, 0) is 13.0 Å². The summed E-state index contributed by atoms with van der Waals surface area (Å²) in [6, 6.07) is 6.18. The number of nitrogens with one attached hydrogen (secondary N) is 1. The zero-order chi connectivity index (χ0) is 14.7. The third-order valence-electron chi connectivity index (χ3n) is 3.69. The molecule has 0 saturated carbocycles. The minimum atomic E-state index is 0.728. The summed E-state index contributed by atoms with van der Waals surface area (Å²) in [7, 11) is 1.97. The number of hydrogen-bond donors (Lipinski definition) is 1. The maximum absolute atomic E-state index is 6.31. The van der Waals surface area contributed by atoms with E-state index in [1.54, 1.807) is 0 Å². The molecule has 1 aromatic heterocycles. The van der Waals surface area contributed by atoms with E-state index in [0.29, 0.717) is 0 Å². The highest BCUT2D eigenvalue weighted by Crippen LogP contribution is 2.21. The van der Waals surface area contributed by atoms with E-state index >= 15 is 0 Å². The van der Waals surface area contributed by atoms with Crippen molar-refractivity contribution in [2.24, 2.45) is 0 Å². The second kappa shape index (κ2) is 6.42. The number of benzene rings is 1. The van der Waals surface area contributed by atoms with Crippen LogP contribution in [-0.4, -0.2) is 23.4 Å². The van der Waals surface area contributed by atoms with Gasteiger partial charge in [0.1, 0.15) is 0 Å². The van der Waals surface area contributed by atoms with Gasteiger partial charge in [-0.05, 0) is 63.5 Å². The molecule has 0 aliphatic heterocycles. The predicted molar refractivity (Wildman–Crippen MR) is 84.6 cm³/mol. The Kier molecular flexibility index (Phi) is 4.84. The van der Waals surface area contributed by atoms with E-state index in [4.69, 9.17) is 11.6 Å². The Bertz CT molecular complexity index is 602. The van der Waals surface area contributed by atoms with Crippen molar-refractivity contribution >= 4 is 11.6 Å². The number of hydrogen-bond acceptors (Lipinski definition) is 2. The van der Waals surface area contributed by atoms with Crippen molar-refractivity contribution in [1.82, 2.24) is 15.1 Å². The molecule has 1 heterocycles. The molecule has 2 aromatic rings. The smallest absolute Gasteiger partial charge is 0.0677 e. The lowest BCUT2D eigenvalue weighted by Gasteiger charge is -2.08. The zero-order valence-electron chi connectivity index (χ0n) is 12.6. The number of likely N-dealkylation sites (N-methyl/N-ethyl adjacent to an activating group) is 1. The summed E-state index contributed by atoms with van der Waals surface area (Å²) in [5, 5.41) is 8.65. The Morgan fingerprint density at radius 2 is 2.00 bits per heavy atom. The van der Waals surface area contributed by atoms with Crippen molar-refractivity contribution in [2.75, 3.05) is 13.6 Å². The molecule has 0 unspecified atom stereocenters. The third kappa shape index (κ3) is 3.22. The van der Waals surface area contributed by atoms with Gasteiger partial charge in [-0.3, -0.25) is 4.68 Å². The van der Waals surface area contributed by atoms with Gasteiger partial charge in [0.25, 0.3) is 0 Å². The molecule has 1 aromatic carbocycles. The average Bonchev–Trinajstić information content (AvgIpc) is 2.66. The summed E-state index contributed by atoms with van der Waals surface area (Å²) >= 11 is 6.31. The lowest BCUT2D eigenvalue weighted by Crippen LogP contribution is -2.11. The van der Waals surface area contributed by atoms with Gasteiger partial charge in [0.2, 0.25) is 0 Å². The minimum Gasteiger partial charge on any atom is -0.319 e. The summed E-state index contributed by atoms with van der Waals surface area (Å²) < 4.78 is 2.05. The maximum atomic E-state index is 6.31. The van der Waals surface area contributed by atoms with Gasteiger partial charge in [-0.2, -0.15) is 5.10 Å². The van der Waals surface area contributed by atoms with Crippen LogP contribution in [0.15, 0.2) is 18.2 Å². The number of nitrogens with zero attached hydrogens (tertiary/aromatic N) is 2. The molecule has 0 radical (unpaired) electrons. The van der Waals surface area contributed by atoms with Gasteiger partial charge < -0.3 is 5.32 Å². The van der Waals surface area contributed by atoms with E-state index in [-0.39, 0.29) is 0 Å². The maximum Gasteiger partial charge on any atom is 0.0677 e. The Labute approximate surface area is 126 Å². The molecule has 108 valence electrons. The van der Waals surface area contributed by atoms with E-state index in [2.05, 4.69) is 48.0 Å². The molecule has 0 saturated heterocycles. The summed E-state index contributed by atoms with van der Waals surface area (Å²) in [6.45, 7) is 7.96. The largest absolute Gasteiger partial charge is 0.319 e. The van der Waals surface area contributed by atoms with Gasteiger partial charge in [-0.1, -0.05) is 23.7 Å². The number of rotatable bonds is 5. The molecule has 3 nitrogen and oxygen atoms in total. The molecule has 0 atom stereocenters. The molecule has 1 N–H and O–H groups in total. The van der Waals surface area contributed by atoms with E-state index in [1.165, 1.54) is 16.8 Å². The van der Waals surface area contributed by atoms with Gasteiger partial charge >= 0.3 is 0 Å². The van der Waals surface area contributed by atoms with Crippen LogP contribution in [0.25, 0.3) is 0 Å². The van der Waals surface area contributed by atoms with Gasteiger partial charge in [0, 0.05) is 10.7 Å². The van der Waals surface area contributed by atoms with Crippen molar-refractivity contribution in [3.05, 3.63) is 51.3 Å². The molecule has 0 aliphatic carbocycles. The van der Waals surface area contributed by atoms with Crippen molar-refractivity contribution in [1.29, 1.82) is 0 Å². The van der Waals surface area contributed by atoms with E-state index < -0.39 is 0 Å². The Hall–Kier alpha value is -1.32. The topological polar surface area (TPSA) is 29.9 Å². The third-order valence-corrected chi connectivity index (χ3v) is 4.04. The highest BCUT2D eigenvalue weighted by Gasteiger charge is 2.12. The molecular formula is C16H22ClN3. The highest BCUT2D eigenvalue weighted by molar-refractivity contribution is 6.31. The summed E-state index contributed by atoms with van der Waals surface area (Å²) in [5.74, 6) is 0. The second-order valence-electron chi connectivity index (χ2n) is 5.26. The normalized spacial score (nSPS) is 11.1. The number of aryl methyl sites for hydroxylation is 2. The monoisotopic (exact) mass is 291 g/mol. The standard InChI is InChI=1S/C16H22ClN3/c1-11-5-6-14(16(17)9-11)10-20-13(3)15(7-8-18-4)12(2)19-20/h5-6,9,18H,7-8,10H2,1-4H3. The van der Waals surface area contributed by atoms with Crippen LogP contribution in [0.5, 0.6) is 0 Å². The molecule has 0 aliphatic rings. The van der Waals surface area contributed by atoms with Crippen molar-refractivity contribution in [3.8, 4) is 0 Å². The zero-order valence-corrected chi connectivity index (χ0v) is 13.4. The Balaban J connectivity index is 2.25. The first-order valence-corrected chi connectivity index (χ1v) is 7.33. The summed E-state index contributed by atoms with van der Waals surface area (Å²) in [4.78, 5) is 0. The molecule has 0 fully saturated rings. The van der Waals surface area contributed by atoms with Crippen molar-refractivity contribution in [3.63, 3.8) is 0 Å². The van der Waals surface area contributed by atoms with Crippen LogP contribution in [0.2, 0.25) is 5.02 Å². The van der Waals surface area contributed by atoms with Crippen LogP contribution in [0, 0.1) is 20.8 Å². The fourth-order valence-electron chi connectivity index (χ4n) is 2.44. The molecule has 0 spiro atoms. The summed E-state index contributed by atoms with van der Waals surface area (Å²) in [5.41, 5.74) is 5.97. The van der Waals surface area contributed by atoms with Crippen LogP contribution < -0.4 is 5.32 Å². The van der Waals surface area contributed by atoms with Crippen LogP contribution in [0.4, 0.5) is 0 Å². The van der Waals surface area contributed by atoms with Gasteiger partial charge in [0.15, 0.2) is 0 Å². The lowest BCUT2D eigenvalue weighted by molar-refractivity contribution is 0.657. The first-order valence-electron chi connectivity index (χ1n) is 6.95. The number of halogens is 1. The Morgan fingerprint density at radius 3 is 2.65 bits per heavy atom. The van der Waals surface area contributed by atoms with E-state index in [9.17, 15) is 0 Å². The fraction of sp³-hybridized carbons (Fsp3) is 0.438. The first-order chi connectivity index (χ1) is 9.52. The first kappa shape index (κ1) is 15.1. The lowest BCUT2D eigenvalue weighted by atomic mass is 10.1. The van der Waals surface area contributed by atoms with Crippen molar-refractivity contribution < 1.29 is 0 Å². The second-order valence-corrected chi connectivity index (χ2v) is 5.66. The molecule has 20 heavy (non-hydrogen) atoms. The van der Waals surface area contributed by atoms with Crippen LogP contribution in [0.1, 0.15) is 28.1 Å². The molecule has 2 rings (SSSR count). The molecule has 0 bridgehead atoms. The molecule has 4 heteroatoms. The Morgan fingerprint density at radius 1 is 1.25 bits per heavy atom. The van der Waals surface area contributed by atoms with Gasteiger partial charge in [0.05, 0.1) is 12.2 Å². The average molecular weight is 292 g/mol. The van der Waals surface area contributed by atoms with E-state index in [0.717, 1.165) is 35.8 Å². The van der Waals surface area contributed by atoms with Gasteiger partial charge in [-0.25, -0.2) is 0 Å². The van der Waals surface area contributed by atoms with Crippen LogP contribution >= 0.6 is 11.6 Å². The van der Waals surface area contributed by atoms with E-state index in [1.807, 2.05) is 13.1 Å². The quantitative estimate of drug-likeness (QED) is 0.916. The SMILES string of the molecule is CNCCc1c(C)nn(Cc2ccc(C)cc2Cl)c1C.